The van der Waals surface area contributed by atoms with E-state index in [1.165, 1.54) is 19.2 Å². The van der Waals surface area contributed by atoms with Crippen molar-refractivity contribution in [2.45, 2.75) is 13.0 Å². The quantitative estimate of drug-likeness (QED) is 0.550. The van der Waals surface area contributed by atoms with Crippen LogP contribution in [-0.4, -0.2) is 62.2 Å². The van der Waals surface area contributed by atoms with Crippen molar-refractivity contribution >= 4 is 23.0 Å². The van der Waals surface area contributed by atoms with E-state index in [1.54, 1.807) is 13.2 Å². The molecular formula is C21H26N4O5. The van der Waals surface area contributed by atoms with Gasteiger partial charge in [-0.25, -0.2) is 0 Å². The van der Waals surface area contributed by atoms with Gasteiger partial charge in [0.2, 0.25) is 5.91 Å². The number of ether oxygens (including phenoxy) is 2. The highest BCUT2D eigenvalue weighted by atomic mass is 16.6. The van der Waals surface area contributed by atoms with E-state index in [0.29, 0.717) is 18.8 Å². The Morgan fingerprint density at radius 2 is 1.80 bits per heavy atom. The molecule has 0 saturated carbocycles. The van der Waals surface area contributed by atoms with Gasteiger partial charge in [0.05, 0.1) is 36.9 Å². The highest BCUT2D eigenvalue weighted by molar-refractivity contribution is 5.96. The van der Waals surface area contributed by atoms with E-state index in [1.807, 2.05) is 31.2 Å². The number of benzene rings is 2. The lowest BCUT2D eigenvalue weighted by Crippen LogP contribution is -2.52. The van der Waals surface area contributed by atoms with E-state index < -0.39 is 11.0 Å². The number of nitro groups is 1. The molecule has 1 amide bonds. The SMILES string of the molecule is COc1ccc(NC(=O)C(C)N2CCN(c3ccccc3OC)CC2)c([N+](=O)[O-])c1. The standard InChI is InChI=1S/C21H26N4O5/c1-15(21(26)22-17-9-8-16(29-2)14-19(17)25(27)28)23-10-12-24(13-11-23)18-6-4-5-7-20(18)30-3/h4-9,14-15H,10-13H2,1-3H3,(H,22,26). The predicted octanol–water partition coefficient (Wildman–Crippen LogP) is 2.76. The van der Waals surface area contributed by atoms with Crippen molar-refractivity contribution in [2.24, 2.45) is 0 Å². The number of piperazine rings is 1. The number of nitro benzene ring substituents is 1. The molecule has 0 bridgehead atoms. The first-order valence-electron chi connectivity index (χ1n) is 9.70. The Labute approximate surface area is 175 Å². The average Bonchev–Trinajstić information content (AvgIpc) is 2.78. The van der Waals surface area contributed by atoms with Crippen LogP contribution in [0.15, 0.2) is 42.5 Å². The molecule has 9 heteroatoms. The topological polar surface area (TPSA) is 97.2 Å². The number of hydrogen-bond donors (Lipinski definition) is 1. The van der Waals surface area contributed by atoms with Crippen molar-refractivity contribution in [1.29, 1.82) is 0 Å². The molecule has 1 saturated heterocycles. The molecule has 0 aliphatic carbocycles. The fraction of sp³-hybridized carbons (Fsp3) is 0.381. The molecule has 9 nitrogen and oxygen atoms in total. The Balaban J connectivity index is 1.63. The maximum Gasteiger partial charge on any atom is 0.296 e. The zero-order valence-electron chi connectivity index (χ0n) is 17.3. The van der Waals surface area contributed by atoms with Crippen molar-refractivity contribution < 1.29 is 19.2 Å². The number of hydrogen-bond acceptors (Lipinski definition) is 7. The van der Waals surface area contributed by atoms with Crippen LogP contribution in [0, 0.1) is 10.1 Å². The summed E-state index contributed by atoms with van der Waals surface area (Å²) in [6.07, 6.45) is 0. The van der Waals surface area contributed by atoms with E-state index in [4.69, 9.17) is 9.47 Å². The summed E-state index contributed by atoms with van der Waals surface area (Å²) in [7, 11) is 3.09. The third-order valence-corrected chi connectivity index (χ3v) is 5.33. The molecular weight excluding hydrogens is 388 g/mol. The highest BCUT2D eigenvalue weighted by Gasteiger charge is 2.28. The first-order chi connectivity index (χ1) is 14.4. The second-order valence-corrected chi connectivity index (χ2v) is 7.00. The number of para-hydroxylation sites is 2. The van der Waals surface area contributed by atoms with Crippen LogP contribution in [-0.2, 0) is 4.79 Å². The number of carbonyl (C=O) groups is 1. The summed E-state index contributed by atoms with van der Waals surface area (Å²) < 4.78 is 10.5. The van der Waals surface area contributed by atoms with Crippen LogP contribution < -0.4 is 19.7 Å². The molecule has 30 heavy (non-hydrogen) atoms. The van der Waals surface area contributed by atoms with Gasteiger partial charge in [-0.15, -0.1) is 0 Å². The number of carbonyl (C=O) groups excluding carboxylic acids is 1. The lowest BCUT2D eigenvalue weighted by molar-refractivity contribution is -0.384. The second-order valence-electron chi connectivity index (χ2n) is 7.00. The van der Waals surface area contributed by atoms with Crippen LogP contribution in [0.1, 0.15) is 6.92 Å². The first kappa shape index (κ1) is 21.4. The lowest BCUT2D eigenvalue weighted by Gasteiger charge is -2.38. The van der Waals surface area contributed by atoms with Gasteiger partial charge in [0, 0.05) is 26.2 Å². The minimum Gasteiger partial charge on any atom is -0.496 e. The molecule has 160 valence electrons. The fourth-order valence-corrected chi connectivity index (χ4v) is 3.54. The molecule has 0 aromatic heterocycles. The summed E-state index contributed by atoms with van der Waals surface area (Å²) in [5, 5.41) is 14.0. The van der Waals surface area contributed by atoms with Gasteiger partial charge in [-0.3, -0.25) is 19.8 Å². The molecule has 1 fully saturated rings. The van der Waals surface area contributed by atoms with Gasteiger partial charge >= 0.3 is 0 Å². The summed E-state index contributed by atoms with van der Waals surface area (Å²) in [6.45, 7) is 4.69. The van der Waals surface area contributed by atoms with Crippen LogP contribution in [0.2, 0.25) is 0 Å². The maximum absolute atomic E-state index is 12.8. The van der Waals surface area contributed by atoms with E-state index in [-0.39, 0.29) is 17.3 Å². The molecule has 1 N–H and O–H groups in total. The zero-order chi connectivity index (χ0) is 21.7. The van der Waals surface area contributed by atoms with Gasteiger partial charge in [0.15, 0.2) is 0 Å². The Kier molecular flexibility index (Phi) is 6.73. The molecule has 1 aliphatic rings. The normalized spacial score (nSPS) is 15.4. The van der Waals surface area contributed by atoms with Crippen molar-refractivity contribution in [3.63, 3.8) is 0 Å². The van der Waals surface area contributed by atoms with Gasteiger partial charge < -0.3 is 19.7 Å². The number of nitrogens with zero attached hydrogens (tertiary/aromatic N) is 3. The van der Waals surface area contributed by atoms with Crippen molar-refractivity contribution in [1.82, 2.24) is 4.90 Å². The van der Waals surface area contributed by atoms with E-state index in [2.05, 4.69) is 15.1 Å². The zero-order valence-corrected chi connectivity index (χ0v) is 17.3. The number of rotatable bonds is 7. The lowest BCUT2D eigenvalue weighted by atomic mass is 10.1. The third kappa shape index (κ3) is 4.62. The average molecular weight is 414 g/mol. The summed E-state index contributed by atoms with van der Waals surface area (Å²) in [6, 6.07) is 11.8. The molecule has 1 aliphatic heterocycles. The van der Waals surface area contributed by atoms with Gasteiger partial charge in [-0.05, 0) is 31.2 Å². The monoisotopic (exact) mass is 414 g/mol. The number of anilines is 2. The molecule has 1 unspecified atom stereocenters. The van der Waals surface area contributed by atoms with Crippen LogP contribution in [0.3, 0.4) is 0 Å². The Morgan fingerprint density at radius 1 is 1.10 bits per heavy atom. The summed E-state index contributed by atoms with van der Waals surface area (Å²) in [4.78, 5) is 27.9. The summed E-state index contributed by atoms with van der Waals surface area (Å²) >= 11 is 0. The maximum atomic E-state index is 12.8. The fourth-order valence-electron chi connectivity index (χ4n) is 3.54. The van der Waals surface area contributed by atoms with Crippen LogP contribution in [0.4, 0.5) is 17.1 Å². The van der Waals surface area contributed by atoms with Gasteiger partial charge in [0.1, 0.15) is 17.2 Å². The van der Waals surface area contributed by atoms with E-state index in [9.17, 15) is 14.9 Å². The number of nitrogens with one attached hydrogen (secondary N) is 1. The molecule has 2 aromatic carbocycles. The van der Waals surface area contributed by atoms with E-state index >= 15 is 0 Å². The van der Waals surface area contributed by atoms with Gasteiger partial charge in [-0.1, -0.05) is 12.1 Å². The molecule has 1 atom stereocenters. The molecule has 3 rings (SSSR count). The highest BCUT2D eigenvalue weighted by Crippen LogP contribution is 2.30. The summed E-state index contributed by atoms with van der Waals surface area (Å²) in [5.74, 6) is 0.901. The summed E-state index contributed by atoms with van der Waals surface area (Å²) in [5.41, 5.74) is 0.992. The first-order valence-corrected chi connectivity index (χ1v) is 9.70. The number of amides is 1. The number of methoxy groups -OCH3 is 2. The second kappa shape index (κ2) is 9.45. The largest absolute Gasteiger partial charge is 0.496 e. The van der Waals surface area contributed by atoms with Crippen molar-refractivity contribution in [2.75, 3.05) is 50.6 Å². The minimum atomic E-state index is -0.533. The molecule has 0 radical (unpaired) electrons. The molecule has 1 heterocycles. The Bertz CT molecular complexity index is 912. The van der Waals surface area contributed by atoms with Crippen LogP contribution in [0.5, 0.6) is 11.5 Å². The molecule has 2 aromatic rings. The van der Waals surface area contributed by atoms with Crippen molar-refractivity contribution in [3.8, 4) is 11.5 Å². The molecule has 0 spiro atoms. The third-order valence-electron chi connectivity index (χ3n) is 5.33. The Morgan fingerprint density at radius 3 is 2.43 bits per heavy atom. The van der Waals surface area contributed by atoms with E-state index in [0.717, 1.165) is 24.5 Å². The van der Waals surface area contributed by atoms with Crippen LogP contribution >= 0.6 is 0 Å². The predicted molar refractivity (Wildman–Crippen MR) is 115 cm³/mol. The Hall–Kier alpha value is -3.33. The van der Waals surface area contributed by atoms with Crippen LogP contribution in [0.25, 0.3) is 0 Å². The van der Waals surface area contributed by atoms with Crippen molar-refractivity contribution in [3.05, 3.63) is 52.6 Å². The smallest absolute Gasteiger partial charge is 0.296 e. The minimum absolute atomic E-state index is 0.158. The van der Waals surface area contributed by atoms with Gasteiger partial charge in [0.25, 0.3) is 5.69 Å². The van der Waals surface area contributed by atoms with Gasteiger partial charge in [-0.2, -0.15) is 0 Å².